The molecule has 1 saturated heterocycles. The Morgan fingerprint density at radius 1 is 1.35 bits per heavy atom. The molecule has 2 aliphatic heterocycles. The fourth-order valence-corrected chi connectivity index (χ4v) is 3.38. The van der Waals surface area contributed by atoms with E-state index in [1.807, 2.05) is 0 Å². The minimum absolute atomic E-state index is 0.191. The van der Waals surface area contributed by atoms with Crippen molar-refractivity contribution in [3.05, 3.63) is 29.8 Å². The van der Waals surface area contributed by atoms with Gasteiger partial charge in [0.2, 0.25) is 0 Å². The van der Waals surface area contributed by atoms with E-state index in [2.05, 4.69) is 55.3 Å². The van der Waals surface area contributed by atoms with E-state index in [9.17, 15) is 0 Å². The van der Waals surface area contributed by atoms with E-state index in [0.717, 1.165) is 31.8 Å². The molecule has 2 unspecified atom stereocenters. The van der Waals surface area contributed by atoms with Crippen LogP contribution in [0.15, 0.2) is 24.3 Å². The molecule has 3 nitrogen and oxygen atoms in total. The number of nitrogens with one attached hydrogen (secondary N) is 1. The maximum Gasteiger partial charge on any atom is 0.123 e. The predicted octanol–water partition coefficient (Wildman–Crippen LogP) is 2.45. The molecule has 1 fully saturated rings. The third kappa shape index (κ3) is 2.99. The Balaban J connectivity index is 1.66. The normalized spacial score (nSPS) is 29.6. The minimum Gasteiger partial charge on any atom is -0.488 e. The van der Waals surface area contributed by atoms with Gasteiger partial charge in [-0.2, -0.15) is 0 Å². The highest BCUT2D eigenvalue weighted by molar-refractivity contribution is 5.37. The minimum atomic E-state index is 0.191. The van der Waals surface area contributed by atoms with Gasteiger partial charge in [0.25, 0.3) is 0 Å². The summed E-state index contributed by atoms with van der Waals surface area (Å²) in [4.78, 5) is 2.59. The fraction of sp³-hybridized carbons (Fsp3) is 0.647. The van der Waals surface area contributed by atoms with Gasteiger partial charge in [-0.1, -0.05) is 18.2 Å². The second-order valence-electron chi connectivity index (χ2n) is 6.93. The second kappa shape index (κ2) is 5.38. The summed E-state index contributed by atoms with van der Waals surface area (Å²) in [6.45, 7) is 10.2. The zero-order valence-corrected chi connectivity index (χ0v) is 12.9. The van der Waals surface area contributed by atoms with Crippen LogP contribution in [-0.4, -0.2) is 42.2 Å². The van der Waals surface area contributed by atoms with Gasteiger partial charge in [0.15, 0.2) is 0 Å². The zero-order valence-electron chi connectivity index (χ0n) is 12.9. The zero-order chi connectivity index (χ0) is 14.2. The maximum atomic E-state index is 6.10. The molecular formula is C17H26N2O. The number of hydrogen-bond donors (Lipinski definition) is 1. The van der Waals surface area contributed by atoms with Crippen LogP contribution in [-0.2, 0) is 6.42 Å². The van der Waals surface area contributed by atoms with E-state index in [0.29, 0.717) is 12.1 Å². The largest absolute Gasteiger partial charge is 0.488 e. The topological polar surface area (TPSA) is 24.5 Å². The standard InChI is InChI=1S/C17H26N2O/c1-13-8-9-18-17(2,3)12-19(13)11-15-10-14-6-4-5-7-16(14)20-15/h4-7,13,15,18H,8-12H2,1-3H3. The van der Waals surface area contributed by atoms with Gasteiger partial charge < -0.3 is 10.1 Å². The first-order chi connectivity index (χ1) is 9.53. The second-order valence-corrected chi connectivity index (χ2v) is 6.93. The van der Waals surface area contributed by atoms with Crippen molar-refractivity contribution in [2.24, 2.45) is 0 Å². The van der Waals surface area contributed by atoms with Crippen LogP contribution in [0.25, 0.3) is 0 Å². The van der Waals surface area contributed by atoms with Crippen molar-refractivity contribution in [3.63, 3.8) is 0 Å². The number of rotatable bonds is 2. The molecule has 1 N–H and O–H groups in total. The molecule has 1 aromatic rings. The first-order valence-electron chi connectivity index (χ1n) is 7.77. The summed E-state index contributed by atoms with van der Waals surface area (Å²) in [5.41, 5.74) is 1.55. The van der Waals surface area contributed by atoms with Gasteiger partial charge in [-0.3, -0.25) is 4.90 Å². The Hall–Kier alpha value is -1.06. The Bertz CT molecular complexity index is 447. The van der Waals surface area contributed by atoms with Crippen LogP contribution in [0.5, 0.6) is 5.75 Å². The van der Waals surface area contributed by atoms with Crippen LogP contribution in [0.3, 0.4) is 0 Å². The fourth-order valence-electron chi connectivity index (χ4n) is 3.38. The van der Waals surface area contributed by atoms with Gasteiger partial charge in [0, 0.05) is 31.1 Å². The van der Waals surface area contributed by atoms with Crippen molar-refractivity contribution in [1.82, 2.24) is 10.2 Å². The number of benzene rings is 1. The Morgan fingerprint density at radius 2 is 2.15 bits per heavy atom. The van der Waals surface area contributed by atoms with Crippen molar-refractivity contribution >= 4 is 0 Å². The van der Waals surface area contributed by atoms with Gasteiger partial charge in [-0.25, -0.2) is 0 Å². The number of para-hydroxylation sites is 1. The molecular weight excluding hydrogens is 248 g/mol. The molecule has 2 atom stereocenters. The third-order valence-corrected chi connectivity index (χ3v) is 4.54. The first kappa shape index (κ1) is 13.9. The molecule has 0 spiro atoms. The molecule has 3 heteroatoms. The molecule has 2 aliphatic rings. The van der Waals surface area contributed by atoms with Crippen LogP contribution in [0.4, 0.5) is 0 Å². The third-order valence-electron chi connectivity index (χ3n) is 4.54. The molecule has 20 heavy (non-hydrogen) atoms. The molecule has 3 rings (SSSR count). The van der Waals surface area contributed by atoms with Crippen molar-refractivity contribution in [2.45, 2.75) is 51.3 Å². The van der Waals surface area contributed by atoms with E-state index >= 15 is 0 Å². The van der Waals surface area contributed by atoms with E-state index in [-0.39, 0.29) is 5.54 Å². The lowest BCUT2D eigenvalue weighted by Gasteiger charge is -2.34. The summed E-state index contributed by atoms with van der Waals surface area (Å²) in [7, 11) is 0. The number of ether oxygens (including phenoxy) is 1. The van der Waals surface area contributed by atoms with Crippen molar-refractivity contribution in [1.29, 1.82) is 0 Å². The lowest BCUT2D eigenvalue weighted by Crippen LogP contribution is -2.49. The summed E-state index contributed by atoms with van der Waals surface area (Å²) in [5, 5.41) is 3.64. The summed E-state index contributed by atoms with van der Waals surface area (Å²) in [6, 6.07) is 9.06. The monoisotopic (exact) mass is 274 g/mol. The number of fused-ring (bicyclic) bond motifs is 1. The average Bonchev–Trinajstić information content (AvgIpc) is 2.73. The SMILES string of the molecule is CC1CCNC(C)(C)CN1CC1Cc2ccccc2O1. The molecule has 0 bridgehead atoms. The van der Waals surface area contributed by atoms with Gasteiger partial charge >= 0.3 is 0 Å². The van der Waals surface area contributed by atoms with Crippen LogP contribution in [0.1, 0.15) is 32.8 Å². The van der Waals surface area contributed by atoms with Crippen molar-refractivity contribution in [2.75, 3.05) is 19.6 Å². The Kier molecular flexibility index (Phi) is 3.74. The van der Waals surface area contributed by atoms with E-state index in [1.165, 1.54) is 12.0 Å². The van der Waals surface area contributed by atoms with Crippen LogP contribution in [0.2, 0.25) is 0 Å². The quantitative estimate of drug-likeness (QED) is 0.896. The summed E-state index contributed by atoms with van der Waals surface area (Å²) in [6.07, 6.45) is 2.57. The highest BCUT2D eigenvalue weighted by Gasteiger charge is 2.31. The van der Waals surface area contributed by atoms with Gasteiger partial charge in [0.05, 0.1) is 0 Å². The molecule has 0 amide bonds. The molecule has 0 saturated carbocycles. The Labute approximate surface area is 122 Å². The van der Waals surface area contributed by atoms with Gasteiger partial charge in [-0.05, 0) is 45.4 Å². The maximum absolute atomic E-state index is 6.10. The van der Waals surface area contributed by atoms with Crippen LogP contribution >= 0.6 is 0 Å². The van der Waals surface area contributed by atoms with Crippen molar-refractivity contribution in [3.8, 4) is 5.75 Å². The number of nitrogens with zero attached hydrogens (tertiary/aromatic N) is 1. The Morgan fingerprint density at radius 3 is 2.95 bits per heavy atom. The summed E-state index contributed by atoms with van der Waals surface area (Å²) < 4.78 is 6.10. The molecule has 110 valence electrons. The van der Waals surface area contributed by atoms with Crippen LogP contribution in [0, 0.1) is 0 Å². The predicted molar refractivity (Wildman–Crippen MR) is 82.3 cm³/mol. The highest BCUT2D eigenvalue weighted by atomic mass is 16.5. The molecule has 0 radical (unpaired) electrons. The highest BCUT2D eigenvalue weighted by Crippen LogP contribution is 2.29. The van der Waals surface area contributed by atoms with E-state index < -0.39 is 0 Å². The lowest BCUT2D eigenvalue weighted by atomic mass is 10.0. The number of hydrogen-bond acceptors (Lipinski definition) is 3. The smallest absolute Gasteiger partial charge is 0.123 e. The van der Waals surface area contributed by atoms with Gasteiger partial charge in [0.1, 0.15) is 11.9 Å². The summed E-state index contributed by atoms with van der Waals surface area (Å²) >= 11 is 0. The average molecular weight is 274 g/mol. The molecule has 1 aromatic carbocycles. The van der Waals surface area contributed by atoms with Gasteiger partial charge in [-0.15, -0.1) is 0 Å². The van der Waals surface area contributed by atoms with E-state index in [4.69, 9.17) is 4.74 Å². The first-order valence-corrected chi connectivity index (χ1v) is 7.77. The van der Waals surface area contributed by atoms with Crippen LogP contribution < -0.4 is 10.1 Å². The van der Waals surface area contributed by atoms with Crippen molar-refractivity contribution < 1.29 is 4.74 Å². The molecule has 2 heterocycles. The summed E-state index contributed by atoms with van der Waals surface area (Å²) in [5.74, 6) is 1.08. The molecule has 0 aliphatic carbocycles. The lowest BCUT2D eigenvalue weighted by molar-refractivity contribution is 0.110. The molecule has 0 aromatic heterocycles. The van der Waals surface area contributed by atoms with E-state index in [1.54, 1.807) is 0 Å².